The van der Waals surface area contributed by atoms with Crippen LogP contribution in [0.25, 0.3) is 5.57 Å². The highest BCUT2D eigenvalue weighted by molar-refractivity contribution is 5.68. The Kier molecular flexibility index (Phi) is 5.93. The number of methoxy groups -OCH3 is 1. The van der Waals surface area contributed by atoms with E-state index in [0.29, 0.717) is 30.9 Å². The number of ether oxygens (including phenoxy) is 1. The van der Waals surface area contributed by atoms with Crippen molar-refractivity contribution in [3.05, 3.63) is 75.4 Å². The van der Waals surface area contributed by atoms with Crippen molar-refractivity contribution in [3.63, 3.8) is 0 Å². The summed E-state index contributed by atoms with van der Waals surface area (Å²) in [6, 6.07) is 2.86. The number of aromatic amines is 1. The molecule has 0 amide bonds. The zero-order chi connectivity index (χ0) is 21.2. The summed E-state index contributed by atoms with van der Waals surface area (Å²) in [5.74, 6) is -2.52. The number of halogens is 2. The summed E-state index contributed by atoms with van der Waals surface area (Å²) in [4.78, 5) is 24.9. The lowest BCUT2D eigenvalue weighted by molar-refractivity contribution is 0.0169. The molecule has 0 fully saturated rings. The van der Waals surface area contributed by atoms with Gasteiger partial charge in [-0.05, 0) is 24.1 Å². The number of hydrogen-bond donors (Lipinski definition) is 1. The topological polar surface area (TPSA) is 71.1 Å². The fourth-order valence-electron chi connectivity index (χ4n) is 3.33. The van der Waals surface area contributed by atoms with Gasteiger partial charge in [-0.15, -0.1) is 0 Å². The van der Waals surface area contributed by atoms with Crippen LogP contribution in [-0.4, -0.2) is 40.1 Å². The predicted molar refractivity (Wildman–Crippen MR) is 106 cm³/mol. The minimum atomic E-state index is -2.94. The smallest absolute Gasteiger partial charge is 0.272 e. The van der Waals surface area contributed by atoms with Crippen molar-refractivity contribution in [3.8, 4) is 0 Å². The third kappa shape index (κ3) is 4.59. The number of allylic oxidation sites excluding steroid dienone is 1. The number of pyridine rings is 1. The molecule has 0 radical (unpaired) electrons. The Morgan fingerprint density at radius 2 is 2.17 bits per heavy atom. The largest absolute Gasteiger partial charge is 0.380 e. The van der Waals surface area contributed by atoms with E-state index < -0.39 is 5.92 Å². The Morgan fingerprint density at radius 1 is 1.41 bits per heavy atom. The van der Waals surface area contributed by atoms with Crippen molar-refractivity contribution >= 4 is 5.57 Å². The second kappa shape index (κ2) is 8.24. The summed E-state index contributed by atoms with van der Waals surface area (Å²) in [6.45, 7) is 8.29. The summed E-state index contributed by atoms with van der Waals surface area (Å²) in [6.07, 6.45) is 3.33. The van der Waals surface area contributed by atoms with Crippen molar-refractivity contribution < 1.29 is 13.5 Å². The third-order valence-electron chi connectivity index (χ3n) is 5.06. The Balaban J connectivity index is 1.91. The molecular formula is C21H24F2N4O2. The van der Waals surface area contributed by atoms with Crippen LogP contribution in [0.3, 0.4) is 0 Å². The van der Waals surface area contributed by atoms with E-state index in [1.165, 1.54) is 24.5 Å². The monoisotopic (exact) mass is 402 g/mol. The molecule has 1 aliphatic heterocycles. The molecule has 154 valence electrons. The van der Waals surface area contributed by atoms with Gasteiger partial charge in [0, 0.05) is 74.5 Å². The molecule has 0 bridgehead atoms. The maximum atomic E-state index is 13.7. The summed E-state index contributed by atoms with van der Waals surface area (Å²) >= 11 is 0. The number of hydrogen-bond acceptors (Lipinski definition) is 5. The number of nitrogens with zero attached hydrogens (tertiary/aromatic N) is 3. The number of nitrogens with one attached hydrogen (secondary N) is 1. The summed E-state index contributed by atoms with van der Waals surface area (Å²) in [5.41, 5.74) is 3.50. The van der Waals surface area contributed by atoms with E-state index >= 15 is 0 Å². The molecule has 0 saturated carbocycles. The standard InChI is InChI=1S/C21H24F2N4O2/c1-13(17(12-29-4)20-24-7-5-19(28)26-20)14(2)27-8-6-18-15(11-27)9-16(10-25-18)21(3,22)23/h5,7,9-10H,2,6,8,11-12H2,1,3-4H3,(H,24,26,28)/b17-13-. The van der Waals surface area contributed by atoms with Gasteiger partial charge in [-0.25, -0.2) is 13.8 Å². The van der Waals surface area contributed by atoms with E-state index in [-0.39, 0.29) is 17.7 Å². The fraction of sp³-hybridized carbons (Fsp3) is 0.381. The first-order valence-corrected chi connectivity index (χ1v) is 9.25. The molecule has 2 aromatic heterocycles. The Morgan fingerprint density at radius 3 is 2.83 bits per heavy atom. The highest BCUT2D eigenvalue weighted by Crippen LogP contribution is 2.31. The van der Waals surface area contributed by atoms with Crippen LogP contribution in [0.1, 0.15) is 36.5 Å². The van der Waals surface area contributed by atoms with Gasteiger partial charge in [0.1, 0.15) is 5.82 Å². The zero-order valence-electron chi connectivity index (χ0n) is 16.8. The van der Waals surface area contributed by atoms with Gasteiger partial charge in [0.25, 0.3) is 11.5 Å². The molecule has 1 N–H and O–H groups in total. The average molecular weight is 402 g/mol. The molecule has 0 unspecified atom stereocenters. The maximum absolute atomic E-state index is 13.7. The van der Waals surface area contributed by atoms with Gasteiger partial charge in [-0.3, -0.25) is 9.78 Å². The van der Waals surface area contributed by atoms with Gasteiger partial charge in [-0.1, -0.05) is 6.58 Å². The van der Waals surface area contributed by atoms with Crippen molar-refractivity contribution in [2.75, 3.05) is 20.3 Å². The lowest BCUT2D eigenvalue weighted by Gasteiger charge is -2.33. The van der Waals surface area contributed by atoms with Crippen LogP contribution < -0.4 is 5.56 Å². The SMILES string of the molecule is C=C(/C(C)=C(/COC)c1nccc(=O)[nH]1)N1CCc2ncc(C(C)(F)F)cc2C1. The van der Waals surface area contributed by atoms with Crippen LogP contribution >= 0.6 is 0 Å². The van der Waals surface area contributed by atoms with Gasteiger partial charge in [0.05, 0.1) is 6.61 Å². The van der Waals surface area contributed by atoms with E-state index in [0.717, 1.165) is 29.5 Å². The average Bonchev–Trinajstić information content (AvgIpc) is 2.69. The molecule has 0 spiro atoms. The van der Waals surface area contributed by atoms with Crippen LogP contribution in [0.15, 0.2) is 47.2 Å². The quantitative estimate of drug-likeness (QED) is 0.751. The predicted octanol–water partition coefficient (Wildman–Crippen LogP) is 3.27. The van der Waals surface area contributed by atoms with Crippen LogP contribution in [-0.2, 0) is 23.6 Å². The molecule has 0 saturated heterocycles. The number of H-pyrrole nitrogens is 1. The Hall–Kier alpha value is -2.87. The van der Waals surface area contributed by atoms with Gasteiger partial charge in [0.2, 0.25) is 0 Å². The summed E-state index contributed by atoms with van der Waals surface area (Å²) in [5, 5.41) is 0. The first-order chi connectivity index (χ1) is 13.7. The van der Waals surface area contributed by atoms with Gasteiger partial charge in [0.15, 0.2) is 0 Å². The van der Waals surface area contributed by atoms with Crippen LogP contribution in [0.5, 0.6) is 0 Å². The lowest BCUT2D eigenvalue weighted by Crippen LogP contribution is -2.31. The van der Waals surface area contributed by atoms with Crippen LogP contribution in [0, 0.1) is 0 Å². The molecule has 3 heterocycles. The Labute approximate surface area is 168 Å². The zero-order valence-corrected chi connectivity index (χ0v) is 16.8. The molecule has 2 aromatic rings. The number of rotatable bonds is 6. The minimum absolute atomic E-state index is 0.0953. The van der Waals surface area contributed by atoms with Crippen molar-refractivity contribution in [1.82, 2.24) is 19.9 Å². The van der Waals surface area contributed by atoms with Gasteiger partial charge < -0.3 is 14.6 Å². The Bertz CT molecular complexity index is 1010. The fourth-order valence-corrected chi connectivity index (χ4v) is 3.33. The molecule has 0 atom stereocenters. The van der Waals surface area contributed by atoms with E-state index in [9.17, 15) is 13.6 Å². The molecule has 1 aliphatic rings. The van der Waals surface area contributed by atoms with Gasteiger partial charge in [-0.2, -0.15) is 0 Å². The first-order valence-electron chi connectivity index (χ1n) is 9.25. The molecule has 0 aromatic carbocycles. The number of aromatic nitrogens is 3. The number of fused-ring (bicyclic) bond motifs is 1. The molecule has 8 heteroatoms. The van der Waals surface area contributed by atoms with Crippen LogP contribution in [0.4, 0.5) is 8.78 Å². The van der Waals surface area contributed by atoms with Crippen LogP contribution in [0.2, 0.25) is 0 Å². The van der Waals surface area contributed by atoms with Gasteiger partial charge >= 0.3 is 0 Å². The maximum Gasteiger partial charge on any atom is 0.272 e. The molecular weight excluding hydrogens is 378 g/mol. The molecule has 3 rings (SSSR count). The van der Waals surface area contributed by atoms with E-state index in [1.807, 2.05) is 11.8 Å². The minimum Gasteiger partial charge on any atom is -0.380 e. The van der Waals surface area contributed by atoms with E-state index in [2.05, 4.69) is 21.5 Å². The molecule has 0 aliphatic carbocycles. The lowest BCUT2D eigenvalue weighted by atomic mass is 9.99. The normalized spacial score (nSPS) is 15.0. The van der Waals surface area contributed by atoms with Crippen molar-refractivity contribution in [1.29, 1.82) is 0 Å². The second-order valence-corrected chi connectivity index (χ2v) is 7.16. The first kappa shape index (κ1) is 20.9. The molecule has 29 heavy (non-hydrogen) atoms. The van der Waals surface area contributed by atoms with Crippen molar-refractivity contribution in [2.45, 2.75) is 32.7 Å². The van der Waals surface area contributed by atoms with E-state index in [1.54, 1.807) is 7.11 Å². The van der Waals surface area contributed by atoms with E-state index in [4.69, 9.17) is 4.74 Å². The number of alkyl halides is 2. The highest BCUT2D eigenvalue weighted by Gasteiger charge is 2.28. The summed E-state index contributed by atoms with van der Waals surface area (Å²) in [7, 11) is 1.56. The highest BCUT2D eigenvalue weighted by atomic mass is 19.3. The second-order valence-electron chi connectivity index (χ2n) is 7.16. The summed E-state index contributed by atoms with van der Waals surface area (Å²) < 4.78 is 32.7. The molecule has 6 nitrogen and oxygen atoms in total. The third-order valence-corrected chi connectivity index (χ3v) is 5.06. The van der Waals surface area contributed by atoms with Crippen molar-refractivity contribution in [2.24, 2.45) is 0 Å².